The van der Waals surface area contributed by atoms with Crippen LogP contribution in [0.1, 0.15) is 17.8 Å². The van der Waals surface area contributed by atoms with Crippen molar-refractivity contribution in [3.63, 3.8) is 0 Å². The number of benzene rings is 2. The molecule has 0 aliphatic carbocycles. The maximum Gasteiger partial charge on any atom is 0.326 e. The monoisotopic (exact) mass is 415 g/mol. The normalized spacial score (nSPS) is 10.5. The minimum absolute atomic E-state index is 0.0651. The van der Waals surface area contributed by atoms with E-state index in [0.717, 1.165) is 15.2 Å². The van der Waals surface area contributed by atoms with Crippen LogP contribution in [0.3, 0.4) is 0 Å². The number of urea groups is 1. The van der Waals surface area contributed by atoms with E-state index in [4.69, 9.17) is 4.74 Å². The van der Waals surface area contributed by atoms with Gasteiger partial charge in [0.25, 0.3) is 5.91 Å². The molecule has 9 heteroatoms. The minimum atomic E-state index is -0.910. The molecule has 0 radical (unpaired) electrons. The molecular weight excluding hydrogens is 397 g/mol. The summed E-state index contributed by atoms with van der Waals surface area (Å²) in [7, 11) is 0. The number of esters is 1. The van der Waals surface area contributed by atoms with Gasteiger partial charge >= 0.3 is 12.0 Å². The molecule has 0 saturated heterocycles. The lowest BCUT2D eigenvalue weighted by Crippen LogP contribution is -2.37. The molecule has 0 unspecified atom stereocenters. The number of fused-ring (bicyclic) bond motifs is 1. The average Bonchev–Trinajstić information content (AvgIpc) is 3.11. The lowest BCUT2D eigenvalue weighted by atomic mass is 10.2. The number of rotatable bonds is 7. The third kappa shape index (κ3) is 6.08. The zero-order valence-corrected chi connectivity index (χ0v) is 16.1. The number of amides is 3. The van der Waals surface area contributed by atoms with Gasteiger partial charge in [0, 0.05) is 6.42 Å². The van der Waals surface area contributed by atoms with E-state index < -0.39 is 30.3 Å². The van der Waals surface area contributed by atoms with E-state index in [0.29, 0.717) is 12.8 Å². The number of imide groups is 1. The van der Waals surface area contributed by atoms with Crippen molar-refractivity contribution in [3.8, 4) is 0 Å². The number of halogens is 1. The molecular formula is C20H18FN3O4S. The second-order valence-corrected chi connectivity index (χ2v) is 7.19. The van der Waals surface area contributed by atoms with Crippen LogP contribution in [0.25, 0.3) is 10.2 Å². The van der Waals surface area contributed by atoms with Crippen LogP contribution in [0, 0.1) is 5.82 Å². The van der Waals surface area contributed by atoms with Crippen LogP contribution in [-0.2, 0) is 20.7 Å². The molecule has 0 spiro atoms. The molecule has 0 atom stereocenters. The van der Waals surface area contributed by atoms with Gasteiger partial charge in [-0.3, -0.25) is 14.9 Å². The quantitative estimate of drug-likeness (QED) is 0.574. The highest BCUT2D eigenvalue weighted by atomic mass is 32.1. The number of hydrogen-bond donors (Lipinski definition) is 2. The predicted molar refractivity (Wildman–Crippen MR) is 107 cm³/mol. The molecule has 0 saturated carbocycles. The molecule has 3 amide bonds. The Bertz CT molecular complexity index is 1000. The zero-order valence-electron chi connectivity index (χ0n) is 15.3. The van der Waals surface area contributed by atoms with Crippen LogP contribution >= 0.6 is 11.3 Å². The Hall–Kier alpha value is -3.33. The fourth-order valence-electron chi connectivity index (χ4n) is 2.51. The van der Waals surface area contributed by atoms with E-state index in [2.05, 4.69) is 10.3 Å². The van der Waals surface area contributed by atoms with E-state index in [1.54, 1.807) is 11.3 Å². The van der Waals surface area contributed by atoms with Gasteiger partial charge in [-0.25, -0.2) is 14.2 Å². The number of para-hydroxylation sites is 2. The van der Waals surface area contributed by atoms with Crippen molar-refractivity contribution in [1.82, 2.24) is 10.3 Å². The summed E-state index contributed by atoms with van der Waals surface area (Å²) in [4.78, 5) is 39.6. The summed E-state index contributed by atoms with van der Waals surface area (Å²) in [5, 5.41) is 5.10. The first kappa shape index (κ1) is 20.4. The second kappa shape index (κ2) is 9.74. The third-order valence-electron chi connectivity index (χ3n) is 3.85. The number of thiazole rings is 1. The number of ether oxygens (including phenoxy) is 1. The Balaban J connectivity index is 1.34. The highest BCUT2D eigenvalue weighted by molar-refractivity contribution is 7.18. The molecule has 1 aromatic heterocycles. The first-order valence-electron chi connectivity index (χ1n) is 8.86. The van der Waals surface area contributed by atoms with Crippen LogP contribution in [0.2, 0.25) is 0 Å². The Morgan fingerprint density at radius 3 is 2.62 bits per heavy atom. The zero-order chi connectivity index (χ0) is 20.6. The molecule has 29 heavy (non-hydrogen) atoms. The van der Waals surface area contributed by atoms with Crippen LogP contribution in [0.15, 0.2) is 48.5 Å². The molecule has 1 heterocycles. The first-order chi connectivity index (χ1) is 14.0. The van der Waals surface area contributed by atoms with Crippen molar-refractivity contribution in [2.45, 2.75) is 19.3 Å². The van der Waals surface area contributed by atoms with Gasteiger partial charge in [-0.15, -0.1) is 11.3 Å². The number of aryl methyl sites for hydroxylation is 1. The van der Waals surface area contributed by atoms with Gasteiger partial charge in [0.1, 0.15) is 5.82 Å². The van der Waals surface area contributed by atoms with Gasteiger partial charge in [0.05, 0.1) is 20.9 Å². The van der Waals surface area contributed by atoms with Crippen molar-refractivity contribution < 1.29 is 23.5 Å². The maximum absolute atomic E-state index is 13.4. The van der Waals surface area contributed by atoms with Crippen molar-refractivity contribution in [2.24, 2.45) is 0 Å². The molecule has 2 aromatic carbocycles. The Labute approximate surface area is 169 Å². The number of carbonyl (C=O) groups is 3. The van der Waals surface area contributed by atoms with Crippen LogP contribution in [-0.4, -0.2) is 29.5 Å². The fourth-order valence-corrected chi connectivity index (χ4v) is 3.52. The molecule has 0 fully saturated rings. The summed E-state index contributed by atoms with van der Waals surface area (Å²) >= 11 is 1.58. The number of anilines is 1. The smallest absolute Gasteiger partial charge is 0.326 e. The third-order valence-corrected chi connectivity index (χ3v) is 4.95. The summed E-state index contributed by atoms with van der Waals surface area (Å²) in [6.45, 7) is -0.593. The summed E-state index contributed by atoms with van der Waals surface area (Å²) in [6.07, 6.45) is 1.30. The number of nitrogens with zero attached hydrogens (tertiary/aromatic N) is 1. The highest BCUT2D eigenvalue weighted by Crippen LogP contribution is 2.22. The SMILES string of the molecule is O=C(COC(=O)CCCc1nc2ccccc2s1)NC(=O)Nc1ccccc1F. The molecule has 3 rings (SSSR count). The summed E-state index contributed by atoms with van der Waals surface area (Å²) < 4.78 is 19.4. The number of hydrogen-bond acceptors (Lipinski definition) is 6. The van der Waals surface area contributed by atoms with Gasteiger partial charge in [0.15, 0.2) is 6.61 Å². The average molecular weight is 415 g/mol. The van der Waals surface area contributed by atoms with Gasteiger partial charge in [-0.1, -0.05) is 24.3 Å². The van der Waals surface area contributed by atoms with Crippen molar-refractivity contribution >= 4 is 45.1 Å². The van der Waals surface area contributed by atoms with Crippen LogP contribution < -0.4 is 10.6 Å². The van der Waals surface area contributed by atoms with E-state index in [-0.39, 0.29) is 12.1 Å². The van der Waals surface area contributed by atoms with Gasteiger partial charge in [0.2, 0.25) is 0 Å². The Morgan fingerprint density at radius 1 is 1.07 bits per heavy atom. The van der Waals surface area contributed by atoms with E-state index >= 15 is 0 Å². The molecule has 0 aliphatic rings. The fraction of sp³-hybridized carbons (Fsp3) is 0.200. The lowest BCUT2D eigenvalue weighted by molar-refractivity contribution is -0.148. The van der Waals surface area contributed by atoms with Crippen molar-refractivity contribution in [2.75, 3.05) is 11.9 Å². The number of nitrogens with one attached hydrogen (secondary N) is 2. The van der Waals surface area contributed by atoms with E-state index in [9.17, 15) is 18.8 Å². The van der Waals surface area contributed by atoms with Crippen LogP contribution in [0.4, 0.5) is 14.9 Å². The van der Waals surface area contributed by atoms with Crippen LogP contribution in [0.5, 0.6) is 0 Å². The topological polar surface area (TPSA) is 97.4 Å². The van der Waals surface area contributed by atoms with E-state index in [1.165, 1.54) is 24.3 Å². The van der Waals surface area contributed by atoms with Crippen molar-refractivity contribution in [3.05, 3.63) is 59.4 Å². The summed E-state index contributed by atoms with van der Waals surface area (Å²) in [5.74, 6) is -1.98. The van der Waals surface area contributed by atoms with E-state index in [1.807, 2.05) is 29.6 Å². The highest BCUT2D eigenvalue weighted by Gasteiger charge is 2.13. The lowest BCUT2D eigenvalue weighted by Gasteiger charge is -2.08. The summed E-state index contributed by atoms with van der Waals surface area (Å²) in [5.41, 5.74) is 0.866. The predicted octanol–water partition coefficient (Wildman–Crippen LogP) is 3.65. The molecule has 3 aromatic rings. The maximum atomic E-state index is 13.4. The summed E-state index contributed by atoms with van der Waals surface area (Å²) in [6, 6.07) is 12.4. The van der Waals surface area contributed by atoms with Gasteiger partial charge in [-0.05, 0) is 37.1 Å². The first-order valence-corrected chi connectivity index (χ1v) is 9.68. The molecule has 2 N–H and O–H groups in total. The Morgan fingerprint density at radius 2 is 1.83 bits per heavy atom. The standard InChI is InChI=1S/C20H18FN3O4S/c21-13-6-1-2-7-14(13)23-20(27)24-17(25)12-28-19(26)11-5-10-18-22-15-8-3-4-9-16(15)29-18/h1-4,6-9H,5,10-12H2,(H2,23,24,25,27). The molecule has 0 bridgehead atoms. The number of carbonyl (C=O) groups excluding carboxylic acids is 3. The van der Waals surface area contributed by atoms with Gasteiger partial charge < -0.3 is 10.1 Å². The molecule has 0 aliphatic heterocycles. The second-order valence-electron chi connectivity index (χ2n) is 6.07. The van der Waals surface area contributed by atoms with Crippen molar-refractivity contribution in [1.29, 1.82) is 0 Å². The van der Waals surface area contributed by atoms with Gasteiger partial charge in [-0.2, -0.15) is 0 Å². The molecule has 150 valence electrons. The Kier molecular flexibility index (Phi) is 6.85. The largest absolute Gasteiger partial charge is 0.456 e. The molecule has 7 nitrogen and oxygen atoms in total. The number of aromatic nitrogens is 1. The minimum Gasteiger partial charge on any atom is -0.456 e.